The van der Waals surface area contributed by atoms with Crippen LogP contribution in [0.15, 0.2) is 24.3 Å². The maximum absolute atomic E-state index is 11.9. The average Bonchev–Trinajstić information content (AvgIpc) is 2.46. The Labute approximate surface area is 150 Å². The van der Waals surface area contributed by atoms with E-state index in [9.17, 15) is 4.79 Å². The number of benzene rings is 1. The number of ether oxygens (including phenoxy) is 1. The topological polar surface area (TPSA) is 67.6 Å². The van der Waals surface area contributed by atoms with Crippen LogP contribution in [0.1, 0.15) is 25.0 Å². The largest absolute Gasteiger partial charge is 0.379 e. The smallest absolute Gasteiger partial charge is 0.239 e. The first-order valence-corrected chi connectivity index (χ1v) is 7.41. The molecular formula is C16H27Cl2N3O2. The van der Waals surface area contributed by atoms with Gasteiger partial charge < -0.3 is 15.8 Å². The van der Waals surface area contributed by atoms with Crippen molar-refractivity contribution in [1.82, 2.24) is 10.2 Å². The van der Waals surface area contributed by atoms with Gasteiger partial charge in [-0.2, -0.15) is 0 Å². The van der Waals surface area contributed by atoms with Crippen LogP contribution in [0.5, 0.6) is 0 Å². The SMILES string of the molecule is CC(C)(N)C(=O)NCc1ccccc1CN1CCOCC1.Cl.Cl. The van der Waals surface area contributed by atoms with E-state index in [0.29, 0.717) is 6.54 Å². The number of hydrogen-bond donors (Lipinski definition) is 2. The van der Waals surface area contributed by atoms with Gasteiger partial charge in [0, 0.05) is 26.2 Å². The van der Waals surface area contributed by atoms with E-state index in [0.717, 1.165) is 38.4 Å². The number of carbonyl (C=O) groups is 1. The van der Waals surface area contributed by atoms with Crippen molar-refractivity contribution in [2.24, 2.45) is 5.73 Å². The van der Waals surface area contributed by atoms with Crippen LogP contribution in [0.2, 0.25) is 0 Å². The zero-order valence-electron chi connectivity index (χ0n) is 13.7. The fraction of sp³-hybridized carbons (Fsp3) is 0.562. The number of nitrogens with two attached hydrogens (primary N) is 1. The number of nitrogens with one attached hydrogen (secondary N) is 1. The fourth-order valence-electron chi connectivity index (χ4n) is 2.29. The Morgan fingerprint density at radius 1 is 1.22 bits per heavy atom. The summed E-state index contributed by atoms with van der Waals surface area (Å²) in [5, 5.41) is 2.91. The Hall–Kier alpha value is -0.850. The maximum Gasteiger partial charge on any atom is 0.239 e. The molecule has 0 aromatic heterocycles. The van der Waals surface area contributed by atoms with Crippen LogP contribution in [-0.4, -0.2) is 42.6 Å². The molecule has 1 aromatic carbocycles. The molecule has 1 amide bonds. The van der Waals surface area contributed by atoms with Crippen molar-refractivity contribution in [3.8, 4) is 0 Å². The minimum absolute atomic E-state index is 0. The van der Waals surface area contributed by atoms with Gasteiger partial charge in [0.25, 0.3) is 0 Å². The first-order chi connectivity index (χ1) is 9.97. The van der Waals surface area contributed by atoms with Crippen LogP contribution in [0.3, 0.4) is 0 Å². The van der Waals surface area contributed by atoms with Crippen molar-refractivity contribution in [2.75, 3.05) is 26.3 Å². The minimum Gasteiger partial charge on any atom is -0.379 e. The lowest BCUT2D eigenvalue weighted by molar-refractivity contribution is -0.125. The number of hydrogen-bond acceptors (Lipinski definition) is 4. The summed E-state index contributed by atoms with van der Waals surface area (Å²) in [5.74, 6) is -0.135. The molecule has 1 aliphatic heterocycles. The number of amides is 1. The van der Waals surface area contributed by atoms with Crippen LogP contribution in [-0.2, 0) is 22.6 Å². The lowest BCUT2D eigenvalue weighted by Crippen LogP contribution is -2.48. The Morgan fingerprint density at radius 2 is 1.78 bits per heavy atom. The molecule has 0 spiro atoms. The molecule has 0 aliphatic carbocycles. The average molecular weight is 364 g/mol. The first-order valence-electron chi connectivity index (χ1n) is 7.41. The van der Waals surface area contributed by atoms with Gasteiger partial charge in [-0.3, -0.25) is 9.69 Å². The Morgan fingerprint density at radius 3 is 2.35 bits per heavy atom. The van der Waals surface area contributed by atoms with Crippen molar-refractivity contribution in [2.45, 2.75) is 32.5 Å². The molecule has 2 rings (SSSR count). The fourth-order valence-corrected chi connectivity index (χ4v) is 2.29. The normalized spacial score (nSPS) is 15.3. The van der Waals surface area contributed by atoms with Gasteiger partial charge in [-0.25, -0.2) is 0 Å². The summed E-state index contributed by atoms with van der Waals surface area (Å²) in [6.45, 7) is 8.32. The predicted octanol–water partition coefficient (Wildman–Crippen LogP) is 1.72. The van der Waals surface area contributed by atoms with Crippen LogP contribution in [0.25, 0.3) is 0 Å². The van der Waals surface area contributed by atoms with Crippen molar-refractivity contribution in [3.05, 3.63) is 35.4 Å². The van der Waals surface area contributed by atoms with E-state index >= 15 is 0 Å². The third kappa shape index (κ3) is 7.06. The summed E-state index contributed by atoms with van der Waals surface area (Å²) in [6, 6.07) is 8.20. The van der Waals surface area contributed by atoms with Gasteiger partial charge >= 0.3 is 0 Å². The Bertz CT molecular complexity index is 486. The third-order valence-electron chi connectivity index (χ3n) is 3.64. The maximum atomic E-state index is 11.9. The molecule has 0 saturated carbocycles. The highest BCUT2D eigenvalue weighted by Gasteiger charge is 2.21. The number of rotatable bonds is 5. The summed E-state index contributed by atoms with van der Waals surface area (Å²) in [4.78, 5) is 14.2. The van der Waals surface area contributed by atoms with E-state index in [1.165, 1.54) is 5.56 Å². The van der Waals surface area contributed by atoms with E-state index in [-0.39, 0.29) is 30.7 Å². The lowest BCUT2D eigenvalue weighted by atomic mass is 10.0. The van der Waals surface area contributed by atoms with Crippen LogP contribution in [0, 0.1) is 0 Å². The van der Waals surface area contributed by atoms with E-state index in [1.807, 2.05) is 12.1 Å². The molecule has 1 saturated heterocycles. The molecule has 5 nitrogen and oxygen atoms in total. The number of halogens is 2. The van der Waals surface area contributed by atoms with Gasteiger partial charge in [-0.05, 0) is 25.0 Å². The molecule has 1 aromatic rings. The van der Waals surface area contributed by atoms with Gasteiger partial charge in [-0.1, -0.05) is 24.3 Å². The second-order valence-corrected chi connectivity index (χ2v) is 6.06. The van der Waals surface area contributed by atoms with Gasteiger partial charge in [-0.15, -0.1) is 24.8 Å². The van der Waals surface area contributed by atoms with E-state index < -0.39 is 5.54 Å². The zero-order chi connectivity index (χ0) is 15.3. The summed E-state index contributed by atoms with van der Waals surface area (Å²) >= 11 is 0. The highest BCUT2D eigenvalue weighted by Crippen LogP contribution is 2.13. The van der Waals surface area contributed by atoms with E-state index in [2.05, 4.69) is 22.3 Å². The molecule has 132 valence electrons. The Balaban J connectivity index is 0.00000242. The minimum atomic E-state index is -0.848. The van der Waals surface area contributed by atoms with Crippen molar-refractivity contribution < 1.29 is 9.53 Å². The molecule has 1 fully saturated rings. The monoisotopic (exact) mass is 363 g/mol. The van der Waals surface area contributed by atoms with Crippen molar-refractivity contribution in [3.63, 3.8) is 0 Å². The predicted molar refractivity (Wildman–Crippen MR) is 97.1 cm³/mol. The molecule has 1 heterocycles. The van der Waals surface area contributed by atoms with Crippen LogP contribution < -0.4 is 11.1 Å². The summed E-state index contributed by atoms with van der Waals surface area (Å²) in [6.07, 6.45) is 0. The first kappa shape index (κ1) is 22.1. The standard InChI is InChI=1S/C16H25N3O2.2ClH/c1-16(2,17)15(20)18-11-13-5-3-4-6-14(13)12-19-7-9-21-10-8-19;;/h3-6H,7-12,17H2,1-2H3,(H,18,20);2*1H. The molecule has 0 unspecified atom stereocenters. The molecule has 23 heavy (non-hydrogen) atoms. The van der Waals surface area contributed by atoms with Crippen LogP contribution in [0.4, 0.5) is 0 Å². The summed E-state index contributed by atoms with van der Waals surface area (Å²) in [7, 11) is 0. The lowest BCUT2D eigenvalue weighted by Gasteiger charge is -2.27. The molecule has 7 heteroatoms. The Kier molecular flexibility index (Phi) is 9.73. The third-order valence-corrected chi connectivity index (χ3v) is 3.64. The number of carbonyl (C=O) groups excluding carboxylic acids is 1. The van der Waals surface area contributed by atoms with Gasteiger partial charge in [0.2, 0.25) is 5.91 Å². The van der Waals surface area contributed by atoms with Gasteiger partial charge in [0.1, 0.15) is 0 Å². The number of nitrogens with zero attached hydrogens (tertiary/aromatic N) is 1. The summed E-state index contributed by atoms with van der Waals surface area (Å²) < 4.78 is 5.37. The van der Waals surface area contributed by atoms with E-state index in [4.69, 9.17) is 10.5 Å². The van der Waals surface area contributed by atoms with Gasteiger partial charge in [0.05, 0.1) is 18.8 Å². The summed E-state index contributed by atoms with van der Waals surface area (Å²) in [5.41, 5.74) is 7.33. The number of morpholine rings is 1. The van der Waals surface area contributed by atoms with Crippen LogP contribution >= 0.6 is 24.8 Å². The van der Waals surface area contributed by atoms with E-state index in [1.54, 1.807) is 13.8 Å². The zero-order valence-corrected chi connectivity index (χ0v) is 15.3. The molecule has 0 atom stereocenters. The van der Waals surface area contributed by atoms with Gasteiger partial charge in [0.15, 0.2) is 0 Å². The molecule has 1 aliphatic rings. The molecule has 0 radical (unpaired) electrons. The van der Waals surface area contributed by atoms with Crippen molar-refractivity contribution in [1.29, 1.82) is 0 Å². The second-order valence-electron chi connectivity index (χ2n) is 6.06. The highest BCUT2D eigenvalue weighted by atomic mass is 35.5. The molecular weight excluding hydrogens is 337 g/mol. The molecule has 3 N–H and O–H groups in total. The highest BCUT2D eigenvalue weighted by molar-refractivity contribution is 5.86. The second kappa shape index (κ2) is 10.1. The molecule has 0 bridgehead atoms. The quantitative estimate of drug-likeness (QED) is 0.835. The van der Waals surface area contributed by atoms with Crippen molar-refractivity contribution >= 4 is 30.7 Å².